The quantitative estimate of drug-likeness (QED) is 0.590. The first-order valence-corrected chi connectivity index (χ1v) is 5.17. The fraction of sp³-hybridized carbons (Fsp3) is 0.417. The molecule has 0 aliphatic rings. The van der Waals surface area contributed by atoms with E-state index in [4.69, 9.17) is 10.5 Å². The molecule has 0 bridgehead atoms. The van der Waals surface area contributed by atoms with Gasteiger partial charge in [0.25, 0.3) is 0 Å². The Labute approximate surface area is 90.2 Å². The smallest absolute Gasteiger partial charge is 0.313 e. The lowest BCUT2D eigenvalue weighted by molar-refractivity contribution is -0.145. The van der Waals surface area contributed by atoms with Crippen molar-refractivity contribution in [2.24, 2.45) is 5.73 Å². The molecule has 0 saturated carbocycles. The largest absolute Gasteiger partial charge is 0.465 e. The van der Waals surface area contributed by atoms with Crippen LogP contribution in [0.4, 0.5) is 0 Å². The van der Waals surface area contributed by atoms with E-state index in [-0.39, 0.29) is 11.9 Å². The molecular weight excluding hydrogens is 190 g/mol. The summed E-state index contributed by atoms with van der Waals surface area (Å²) in [4.78, 5) is 11.6. The molecule has 1 unspecified atom stereocenters. The second kappa shape index (κ2) is 6.19. The standard InChI is InChI=1S/C12H17NO2/c1-10(11-6-3-2-4-7-11)12(14)15-9-5-8-13/h2-4,6-7,10H,5,8-9,13H2,1H3. The predicted molar refractivity (Wildman–Crippen MR) is 59.5 cm³/mol. The van der Waals surface area contributed by atoms with Crippen LogP contribution in [0.2, 0.25) is 0 Å². The van der Waals surface area contributed by atoms with E-state index in [0.717, 1.165) is 5.56 Å². The van der Waals surface area contributed by atoms with Gasteiger partial charge >= 0.3 is 5.97 Å². The number of rotatable bonds is 5. The third-order valence-corrected chi connectivity index (χ3v) is 2.25. The first kappa shape index (κ1) is 11.7. The van der Waals surface area contributed by atoms with E-state index < -0.39 is 0 Å². The summed E-state index contributed by atoms with van der Waals surface area (Å²) in [5.74, 6) is -0.390. The maximum absolute atomic E-state index is 11.6. The van der Waals surface area contributed by atoms with E-state index in [2.05, 4.69) is 0 Å². The lowest BCUT2D eigenvalue weighted by Crippen LogP contribution is -2.15. The second-order valence-corrected chi connectivity index (χ2v) is 3.44. The molecule has 0 spiro atoms. The minimum absolute atomic E-state index is 0.186. The number of hydrogen-bond donors (Lipinski definition) is 1. The van der Waals surface area contributed by atoms with Gasteiger partial charge in [0.05, 0.1) is 12.5 Å². The highest BCUT2D eigenvalue weighted by Gasteiger charge is 2.15. The minimum atomic E-state index is -0.205. The van der Waals surface area contributed by atoms with E-state index in [9.17, 15) is 4.79 Å². The van der Waals surface area contributed by atoms with Crippen LogP contribution in [0.1, 0.15) is 24.8 Å². The van der Waals surface area contributed by atoms with Crippen molar-refractivity contribution >= 4 is 5.97 Å². The third kappa shape index (κ3) is 3.72. The van der Waals surface area contributed by atoms with E-state index in [1.165, 1.54) is 0 Å². The van der Waals surface area contributed by atoms with Gasteiger partial charge in [-0.2, -0.15) is 0 Å². The maximum Gasteiger partial charge on any atom is 0.313 e. The van der Waals surface area contributed by atoms with Crippen molar-refractivity contribution in [1.82, 2.24) is 0 Å². The summed E-state index contributed by atoms with van der Waals surface area (Å²) in [5, 5.41) is 0. The fourth-order valence-electron chi connectivity index (χ4n) is 1.26. The van der Waals surface area contributed by atoms with Gasteiger partial charge in [-0.05, 0) is 25.5 Å². The van der Waals surface area contributed by atoms with Crippen LogP contribution in [-0.2, 0) is 9.53 Å². The molecule has 1 atom stereocenters. The van der Waals surface area contributed by atoms with Crippen molar-refractivity contribution in [3.63, 3.8) is 0 Å². The molecule has 0 radical (unpaired) electrons. The average molecular weight is 207 g/mol. The van der Waals surface area contributed by atoms with Crippen LogP contribution >= 0.6 is 0 Å². The molecule has 0 fully saturated rings. The number of esters is 1. The molecular formula is C12H17NO2. The maximum atomic E-state index is 11.6. The van der Waals surface area contributed by atoms with Gasteiger partial charge in [-0.25, -0.2) is 0 Å². The van der Waals surface area contributed by atoms with E-state index in [0.29, 0.717) is 19.6 Å². The predicted octanol–water partition coefficient (Wildman–Crippen LogP) is 1.68. The molecule has 0 aliphatic heterocycles. The molecule has 0 amide bonds. The van der Waals surface area contributed by atoms with Crippen LogP contribution in [0, 0.1) is 0 Å². The number of benzene rings is 1. The number of hydrogen-bond acceptors (Lipinski definition) is 3. The van der Waals surface area contributed by atoms with Crippen molar-refractivity contribution < 1.29 is 9.53 Å². The van der Waals surface area contributed by atoms with Gasteiger partial charge in [-0.15, -0.1) is 0 Å². The Hall–Kier alpha value is -1.35. The monoisotopic (exact) mass is 207 g/mol. The molecule has 3 nitrogen and oxygen atoms in total. The third-order valence-electron chi connectivity index (χ3n) is 2.25. The van der Waals surface area contributed by atoms with Crippen LogP contribution in [0.3, 0.4) is 0 Å². The molecule has 15 heavy (non-hydrogen) atoms. The van der Waals surface area contributed by atoms with Crippen LogP contribution in [0.15, 0.2) is 30.3 Å². The van der Waals surface area contributed by atoms with Gasteiger partial charge in [0, 0.05) is 0 Å². The molecule has 1 aromatic rings. The fourth-order valence-corrected chi connectivity index (χ4v) is 1.26. The summed E-state index contributed by atoms with van der Waals surface area (Å²) in [6.07, 6.45) is 0.716. The summed E-state index contributed by atoms with van der Waals surface area (Å²) in [7, 11) is 0. The van der Waals surface area contributed by atoms with Crippen molar-refractivity contribution in [3.8, 4) is 0 Å². The zero-order valence-electron chi connectivity index (χ0n) is 8.98. The average Bonchev–Trinajstić information content (AvgIpc) is 2.29. The first-order valence-electron chi connectivity index (χ1n) is 5.17. The molecule has 0 saturated heterocycles. The molecule has 82 valence electrons. The molecule has 1 aromatic carbocycles. The van der Waals surface area contributed by atoms with Crippen molar-refractivity contribution in [3.05, 3.63) is 35.9 Å². The Morgan fingerprint density at radius 2 is 2.07 bits per heavy atom. The summed E-state index contributed by atoms with van der Waals surface area (Å²) >= 11 is 0. The lowest BCUT2D eigenvalue weighted by Gasteiger charge is -2.11. The molecule has 3 heteroatoms. The Balaban J connectivity index is 2.46. The van der Waals surface area contributed by atoms with Crippen molar-refractivity contribution in [2.45, 2.75) is 19.3 Å². The van der Waals surface area contributed by atoms with E-state index in [1.807, 2.05) is 37.3 Å². The number of carbonyl (C=O) groups is 1. The Morgan fingerprint density at radius 3 is 2.67 bits per heavy atom. The number of carbonyl (C=O) groups excluding carboxylic acids is 1. The Kier molecular flexibility index (Phi) is 4.84. The Bertz CT molecular complexity index is 298. The van der Waals surface area contributed by atoms with E-state index >= 15 is 0 Å². The summed E-state index contributed by atoms with van der Waals surface area (Å²) in [6.45, 7) is 2.81. The van der Waals surface area contributed by atoms with Gasteiger partial charge in [0.2, 0.25) is 0 Å². The zero-order chi connectivity index (χ0) is 11.1. The molecule has 1 rings (SSSR count). The normalized spacial score (nSPS) is 12.1. The second-order valence-electron chi connectivity index (χ2n) is 3.44. The van der Waals surface area contributed by atoms with Gasteiger partial charge < -0.3 is 10.5 Å². The van der Waals surface area contributed by atoms with Crippen molar-refractivity contribution in [2.75, 3.05) is 13.2 Å². The van der Waals surface area contributed by atoms with Gasteiger partial charge in [-0.3, -0.25) is 4.79 Å². The molecule has 2 N–H and O–H groups in total. The molecule has 0 heterocycles. The lowest BCUT2D eigenvalue weighted by atomic mass is 10.0. The van der Waals surface area contributed by atoms with Crippen LogP contribution in [0.25, 0.3) is 0 Å². The summed E-state index contributed by atoms with van der Waals surface area (Å²) in [6, 6.07) is 9.61. The number of nitrogens with two attached hydrogens (primary N) is 1. The van der Waals surface area contributed by atoms with Crippen LogP contribution in [0.5, 0.6) is 0 Å². The first-order chi connectivity index (χ1) is 7.25. The minimum Gasteiger partial charge on any atom is -0.465 e. The number of ether oxygens (including phenoxy) is 1. The highest BCUT2D eigenvalue weighted by atomic mass is 16.5. The van der Waals surface area contributed by atoms with Crippen LogP contribution in [-0.4, -0.2) is 19.1 Å². The van der Waals surface area contributed by atoms with Gasteiger partial charge in [0.15, 0.2) is 0 Å². The highest BCUT2D eigenvalue weighted by Crippen LogP contribution is 2.15. The highest BCUT2D eigenvalue weighted by molar-refractivity contribution is 5.77. The van der Waals surface area contributed by atoms with Crippen LogP contribution < -0.4 is 5.73 Å². The van der Waals surface area contributed by atoms with E-state index in [1.54, 1.807) is 0 Å². The summed E-state index contributed by atoms with van der Waals surface area (Å²) < 4.78 is 5.08. The van der Waals surface area contributed by atoms with Gasteiger partial charge in [-0.1, -0.05) is 30.3 Å². The molecule has 0 aromatic heterocycles. The summed E-state index contributed by atoms with van der Waals surface area (Å²) in [5.41, 5.74) is 6.29. The zero-order valence-corrected chi connectivity index (χ0v) is 8.98. The van der Waals surface area contributed by atoms with Crippen molar-refractivity contribution in [1.29, 1.82) is 0 Å². The topological polar surface area (TPSA) is 52.3 Å². The SMILES string of the molecule is CC(C(=O)OCCCN)c1ccccc1. The molecule has 0 aliphatic carbocycles. The van der Waals surface area contributed by atoms with Gasteiger partial charge in [0.1, 0.15) is 0 Å². The Morgan fingerprint density at radius 1 is 1.40 bits per heavy atom.